The van der Waals surface area contributed by atoms with Gasteiger partial charge in [0.2, 0.25) is 0 Å². The van der Waals surface area contributed by atoms with E-state index in [-0.39, 0.29) is 0 Å². The number of benzene rings is 3. The second kappa shape index (κ2) is 19.2. The van der Waals surface area contributed by atoms with E-state index in [0.29, 0.717) is 44.3 Å². The fourth-order valence-electron chi connectivity index (χ4n) is 5.79. The summed E-state index contributed by atoms with van der Waals surface area (Å²) in [5.41, 5.74) is 4.76. The van der Waals surface area contributed by atoms with Crippen LogP contribution in [0.15, 0.2) is 79.1 Å². The number of unbranched alkanes of at least 4 members (excludes halogenated alkanes) is 1. The average molecular weight is 698 g/mol. The maximum atomic E-state index is 6.52. The molecule has 8 nitrogen and oxygen atoms in total. The molecule has 2 heterocycles. The molecule has 3 aromatic carbocycles. The first-order chi connectivity index (χ1) is 24.5. The third-order valence-electron chi connectivity index (χ3n) is 8.60. The predicted molar refractivity (Wildman–Crippen MR) is 203 cm³/mol. The number of aryl methyl sites for hydroxylation is 1. The lowest BCUT2D eigenvalue weighted by molar-refractivity contribution is 0.248. The van der Waals surface area contributed by atoms with Crippen molar-refractivity contribution in [3.8, 4) is 34.4 Å². The maximum absolute atomic E-state index is 6.52. The molecule has 0 amide bonds. The van der Waals surface area contributed by atoms with Gasteiger partial charge in [-0.3, -0.25) is 4.98 Å². The van der Waals surface area contributed by atoms with E-state index in [2.05, 4.69) is 48.2 Å². The van der Waals surface area contributed by atoms with Gasteiger partial charge in [0.25, 0.3) is 0 Å². The van der Waals surface area contributed by atoms with Gasteiger partial charge in [-0.05, 0) is 75.2 Å². The standard InChI is InChI=1S/C41H50ClN4O4/c1-5-9-22-46-37-26-35(47-24-11-21-45(7-3)8-4)28-39(49-23-6-2)40(37)44-41(46)36-18-17-34(48-25-19-31-13-15-33(42)16-14-31)27-38(36)50-30-32-12-10-20-43-29-32/h10,12-18,20,26-29H,2,5-9,11,19,21-25,30H2,1,3-4H3. The minimum atomic E-state index is 0.355. The lowest BCUT2D eigenvalue weighted by Crippen LogP contribution is -2.25. The van der Waals surface area contributed by atoms with Crippen molar-refractivity contribution in [2.45, 2.75) is 66.0 Å². The van der Waals surface area contributed by atoms with Crippen LogP contribution in [-0.2, 0) is 19.6 Å². The van der Waals surface area contributed by atoms with Crippen LogP contribution in [0.25, 0.3) is 22.4 Å². The molecule has 1 radical (unpaired) electrons. The molecule has 0 fully saturated rings. The zero-order valence-corrected chi connectivity index (χ0v) is 30.5. The van der Waals surface area contributed by atoms with Gasteiger partial charge in [-0.2, -0.15) is 0 Å². The van der Waals surface area contributed by atoms with E-state index in [1.165, 1.54) is 0 Å². The molecule has 0 atom stereocenters. The molecule has 0 spiro atoms. The Kier molecular flexibility index (Phi) is 14.2. The van der Waals surface area contributed by atoms with Gasteiger partial charge in [0.1, 0.15) is 35.2 Å². The minimum absolute atomic E-state index is 0.355. The van der Waals surface area contributed by atoms with Crippen molar-refractivity contribution in [2.24, 2.45) is 0 Å². The zero-order chi connectivity index (χ0) is 35.1. The number of imidazole rings is 1. The molecule has 5 aromatic rings. The Balaban J connectivity index is 1.50. The Morgan fingerprint density at radius 2 is 1.60 bits per heavy atom. The Morgan fingerprint density at radius 1 is 0.800 bits per heavy atom. The summed E-state index contributed by atoms with van der Waals surface area (Å²) in [6.07, 6.45) is 7.95. The van der Waals surface area contributed by atoms with Crippen molar-refractivity contribution in [1.82, 2.24) is 19.4 Å². The average Bonchev–Trinajstić information content (AvgIpc) is 3.51. The van der Waals surface area contributed by atoms with Crippen molar-refractivity contribution in [2.75, 3.05) is 39.5 Å². The highest BCUT2D eigenvalue weighted by Crippen LogP contribution is 2.39. The molecular formula is C41H50ClN4O4. The first-order valence-corrected chi connectivity index (χ1v) is 18.3. The van der Waals surface area contributed by atoms with Crippen molar-refractivity contribution < 1.29 is 18.9 Å². The zero-order valence-electron chi connectivity index (χ0n) is 29.7. The van der Waals surface area contributed by atoms with Crippen molar-refractivity contribution >= 4 is 22.6 Å². The molecular weight excluding hydrogens is 648 g/mol. The monoisotopic (exact) mass is 697 g/mol. The van der Waals surface area contributed by atoms with Crippen LogP contribution in [0, 0.1) is 6.92 Å². The fourth-order valence-corrected chi connectivity index (χ4v) is 5.91. The van der Waals surface area contributed by atoms with Crippen molar-refractivity contribution in [3.05, 3.63) is 102 Å². The van der Waals surface area contributed by atoms with Crippen molar-refractivity contribution in [1.29, 1.82) is 0 Å². The largest absolute Gasteiger partial charge is 0.493 e. The summed E-state index contributed by atoms with van der Waals surface area (Å²) in [7, 11) is 0. The molecule has 50 heavy (non-hydrogen) atoms. The predicted octanol–water partition coefficient (Wildman–Crippen LogP) is 9.47. The number of halogens is 1. The van der Waals surface area contributed by atoms with Crippen LogP contribution in [0.5, 0.6) is 23.0 Å². The van der Waals surface area contributed by atoms with E-state index >= 15 is 0 Å². The normalized spacial score (nSPS) is 11.3. The first-order valence-electron chi connectivity index (χ1n) is 17.9. The van der Waals surface area contributed by atoms with E-state index in [0.717, 1.165) is 102 Å². The summed E-state index contributed by atoms with van der Waals surface area (Å²) in [6, 6.07) is 21.8. The third-order valence-corrected chi connectivity index (χ3v) is 8.85. The molecule has 0 aliphatic carbocycles. The van der Waals surface area contributed by atoms with Crippen LogP contribution in [0.1, 0.15) is 57.6 Å². The summed E-state index contributed by atoms with van der Waals surface area (Å²) in [5.74, 6) is 3.68. The van der Waals surface area contributed by atoms with Crippen LogP contribution in [0.2, 0.25) is 5.02 Å². The van der Waals surface area contributed by atoms with E-state index < -0.39 is 0 Å². The Bertz CT molecular complexity index is 1760. The van der Waals surface area contributed by atoms with Crippen LogP contribution in [0.4, 0.5) is 0 Å². The molecule has 0 aliphatic rings. The molecule has 0 N–H and O–H groups in total. The Labute approximate surface area is 302 Å². The van der Waals surface area contributed by atoms with Gasteiger partial charge < -0.3 is 28.4 Å². The summed E-state index contributed by atoms with van der Waals surface area (Å²) in [5, 5.41) is 0.723. The number of pyridine rings is 1. The van der Waals surface area contributed by atoms with E-state index in [1.54, 1.807) is 6.20 Å². The molecule has 5 rings (SSSR count). The van der Waals surface area contributed by atoms with Crippen molar-refractivity contribution in [3.63, 3.8) is 0 Å². The van der Waals surface area contributed by atoms with Gasteiger partial charge >= 0.3 is 0 Å². The fraction of sp³-hybridized carbons (Fsp3) is 0.390. The first kappa shape index (κ1) is 37.0. The summed E-state index contributed by atoms with van der Waals surface area (Å²) in [4.78, 5) is 11.9. The number of ether oxygens (including phenoxy) is 4. The van der Waals surface area contributed by atoms with Crippen LogP contribution in [-0.4, -0.2) is 58.9 Å². The van der Waals surface area contributed by atoms with E-state index in [1.807, 2.05) is 66.9 Å². The number of fused-ring (bicyclic) bond motifs is 1. The highest BCUT2D eigenvalue weighted by Gasteiger charge is 2.21. The lowest BCUT2D eigenvalue weighted by atomic mass is 10.1. The number of aromatic nitrogens is 3. The van der Waals surface area contributed by atoms with Gasteiger partial charge in [0.15, 0.2) is 5.75 Å². The quantitative estimate of drug-likeness (QED) is 0.0708. The molecule has 0 aliphatic heterocycles. The van der Waals surface area contributed by atoms with E-state index in [4.69, 9.17) is 35.5 Å². The highest BCUT2D eigenvalue weighted by molar-refractivity contribution is 6.30. The van der Waals surface area contributed by atoms with Crippen LogP contribution >= 0.6 is 11.6 Å². The SMILES string of the molecule is [CH2]CCOc1cc(OCCCN(CC)CC)cc2c1nc(-c1ccc(OCCc3ccc(Cl)cc3)cc1OCc1cccnc1)n2CCCC. The molecule has 0 bridgehead atoms. The molecule has 0 saturated heterocycles. The molecule has 0 unspecified atom stereocenters. The van der Waals surface area contributed by atoms with Gasteiger partial charge in [-0.15, -0.1) is 0 Å². The molecule has 9 heteroatoms. The number of hydrogen-bond donors (Lipinski definition) is 0. The van der Waals surface area contributed by atoms with Gasteiger partial charge in [0.05, 0.1) is 30.9 Å². The third kappa shape index (κ3) is 10.1. The number of hydrogen-bond acceptors (Lipinski definition) is 7. The van der Waals surface area contributed by atoms with E-state index in [9.17, 15) is 0 Å². The van der Waals surface area contributed by atoms with Crippen LogP contribution in [0.3, 0.4) is 0 Å². The second-order valence-electron chi connectivity index (χ2n) is 12.2. The van der Waals surface area contributed by atoms with Gasteiger partial charge in [-0.1, -0.05) is 57.0 Å². The second-order valence-corrected chi connectivity index (χ2v) is 12.6. The Hall–Kier alpha value is -4.27. The summed E-state index contributed by atoms with van der Waals surface area (Å²) >= 11 is 6.07. The summed E-state index contributed by atoms with van der Waals surface area (Å²) < 4.78 is 27.6. The maximum Gasteiger partial charge on any atom is 0.150 e. The minimum Gasteiger partial charge on any atom is -0.493 e. The van der Waals surface area contributed by atoms with Crippen LogP contribution < -0.4 is 18.9 Å². The lowest BCUT2D eigenvalue weighted by Gasteiger charge is -2.18. The molecule has 0 saturated carbocycles. The van der Waals surface area contributed by atoms with Gasteiger partial charge in [0, 0.05) is 60.7 Å². The molecule has 265 valence electrons. The topological polar surface area (TPSA) is 70.9 Å². The smallest absolute Gasteiger partial charge is 0.150 e. The summed E-state index contributed by atoms with van der Waals surface area (Å²) in [6.45, 7) is 16.4. The molecule has 2 aromatic heterocycles. The van der Waals surface area contributed by atoms with Gasteiger partial charge in [-0.25, -0.2) is 4.98 Å². The highest BCUT2D eigenvalue weighted by atomic mass is 35.5. The Morgan fingerprint density at radius 3 is 2.34 bits per heavy atom. The number of rotatable bonds is 21. The number of nitrogens with zero attached hydrogens (tertiary/aromatic N) is 4.